The molecule has 136 valence electrons. The second-order valence-corrected chi connectivity index (χ2v) is 10.3. The molecule has 2 aliphatic rings. The Bertz CT molecular complexity index is 880. The predicted octanol–water partition coefficient (Wildman–Crippen LogP) is 2.00. The van der Waals surface area contributed by atoms with Crippen LogP contribution in [-0.2, 0) is 24.1 Å². The zero-order valence-corrected chi connectivity index (χ0v) is 16.4. The van der Waals surface area contributed by atoms with E-state index in [4.69, 9.17) is 11.6 Å². The summed E-state index contributed by atoms with van der Waals surface area (Å²) in [5.41, 5.74) is 0. The average molecular weight is 402 g/mol. The molecule has 0 bridgehead atoms. The smallest absolute Gasteiger partial charge is 0.247 e. The first-order valence-electron chi connectivity index (χ1n) is 8.18. The van der Waals surface area contributed by atoms with Gasteiger partial charge in [-0.25, -0.2) is 13.4 Å². The molecule has 0 amide bonds. The minimum Gasteiger partial charge on any atom is -0.329 e. The Morgan fingerprint density at radius 2 is 1.92 bits per heavy atom. The molecule has 0 radical (unpaired) electrons. The van der Waals surface area contributed by atoms with Crippen LogP contribution in [0, 0.1) is 11.8 Å². The van der Waals surface area contributed by atoms with Gasteiger partial charge in [-0.3, -0.25) is 4.68 Å². The Morgan fingerprint density at radius 1 is 1.24 bits per heavy atom. The number of imidazole rings is 1. The van der Waals surface area contributed by atoms with Crippen molar-refractivity contribution >= 4 is 33.4 Å². The molecule has 4 rings (SSSR count). The maximum Gasteiger partial charge on any atom is 0.247 e. The normalized spacial score (nSPS) is 24.9. The molecule has 7 nitrogen and oxygen atoms in total. The number of aryl methyl sites for hydroxylation is 2. The van der Waals surface area contributed by atoms with Gasteiger partial charge in [0.2, 0.25) is 10.0 Å². The van der Waals surface area contributed by atoms with Crippen LogP contribution < -0.4 is 0 Å². The number of nitrogens with zero attached hydrogens (tertiary/aromatic N) is 5. The van der Waals surface area contributed by atoms with Gasteiger partial charge in [0.1, 0.15) is 10.0 Å². The molecule has 1 aliphatic carbocycles. The topological polar surface area (TPSA) is 73.0 Å². The summed E-state index contributed by atoms with van der Waals surface area (Å²) in [4.78, 5) is 4.48. The fourth-order valence-electron chi connectivity index (χ4n) is 3.82. The fraction of sp³-hybridized carbons (Fsp3) is 0.600. The van der Waals surface area contributed by atoms with E-state index in [1.165, 1.54) is 10.9 Å². The van der Waals surface area contributed by atoms with E-state index in [0.29, 0.717) is 30.2 Å². The van der Waals surface area contributed by atoms with Crippen molar-refractivity contribution in [2.24, 2.45) is 25.9 Å². The van der Waals surface area contributed by atoms with Crippen LogP contribution in [0.3, 0.4) is 0 Å². The lowest BCUT2D eigenvalue weighted by Gasteiger charge is -2.18. The zero-order valence-electron chi connectivity index (χ0n) is 14.0. The molecule has 0 spiro atoms. The summed E-state index contributed by atoms with van der Waals surface area (Å²) in [7, 11) is 0.0656. The van der Waals surface area contributed by atoms with Gasteiger partial charge in [-0.2, -0.15) is 9.40 Å². The SMILES string of the molecule is Cn1ccnc1SC1C[C@@H]2CN(S(=O)(=O)c3cnn(C)c3Cl)C[C@H]2C1. The van der Waals surface area contributed by atoms with Crippen molar-refractivity contribution < 1.29 is 8.42 Å². The van der Waals surface area contributed by atoms with Crippen LogP contribution in [0.5, 0.6) is 0 Å². The number of halogens is 1. The molecular formula is C15H20ClN5O2S2. The molecule has 3 heterocycles. The van der Waals surface area contributed by atoms with Gasteiger partial charge >= 0.3 is 0 Å². The third kappa shape index (κ3) is 3.01. The highest BCUT2D eigenvalue weighted by molar-refractivity contribution is 7.99. The first kappa shape index (κ1) is 17.4. The van der Waals surface area contributed by atoms with E-state index in [0.717, 1.165) is 18.0 Å². The van der Waals surface area contributed by atoms with E-state index in [-0.39, 0.29) is 10.0 Å². The van der Waals surface area contributed by atoms with Gasteiger partial charge in [-0.1, -0.05) is 23.4 Å². The number of hydrogen-bond donors (Lipinski definition) is 0. The largest absolute Gasteiger partial charge is 0.329 e. The first-order valence-corrected chi connectivity index (χ1v) is 10.9. The minimum absolute atomic E-state index is 0.107. The number of thioether (sulfide) groups is 1. The molecule has 2 atom stereocenters. The van der Waals surface area contributed by atoms with E-state index >= 15 is 0 Å². The van der Waals surface area contributed by atoms with Gasteiger partial charge in [-0.05, 0) is 24.7 Å². The lowest BCUT2D eigenvalue weighted by Crippen LogP contribution is -2.30. The summed E-state index contributed by atoms with van der Waals surface area (Å²) in [6, 6.07) is 0. The second kappa shape index (κ2) is 6.29. The molecule has 0 aromatic carbocycles. The zero-order chi connectivity index (χ0) is 17.8. The summed E-state index contributed by atoms with van der Waals surface area (Å²) in [5, 5.41) is 5.65. The number of sulfonamides is 1. The highest BCUT2D eigenvalue weighted by Gasteiger charge is 2.46. The molecule has 1 aliphatic heterocycles. The van der Waals surface area contributed by atoms with Crippen molar-refractivity contribution in [3.8, 4) is 0 Å². The van der Waals surface area contributed by atoms with E-state index in [9.17, 15) is 8.42 Å². The summed E-state index contributed by atoms with van der Waals surface area (Å²) in [6.07, 6.45) is 7.14. The van der Waals surface area contributed by atoms with E-state index in [1.807, 2.05) is 24.0 Å². The van der Waals surface area contributed by atoms with E-state index < -0.39 is 10.0 Å². The van der Waals surface area contributed by atoms with Gasteiger partial charge in [0.05, 0.1) is 6.20 Å². The molecule has 0 unspecified atom stereocenters. The average Bonchev–Trinajstić information content (AvgIpc) is 3.27. The van der Waals surface area contributed by atoms with E-state index in [1.54, 1.807) is 23.1 Å². The maximum atomic E-state index is 12.9. The van der Waals surface area contributed by atoms with Crippen molar-refractivity contribution in [1.29, 1.82) is 0 Å². The molecule has 2 aromatic heterocycles. The van der Waals surface area contributed by atoms with Crippen molar-refractivity contribution in [1.82, 2.24) is 23.6 Å². The van der Waals surface area contributed by atoms with Crippen molar-refractivity contribution in [2.45, 2.75) is 28.1 Å². The number of fused-ring (bicyclic) bond motifs is 1. The summed E-state index contributed by atoms with van der Waals surface area (Å²) < 4.78 is 30.7. The molecular weight excluding hydrogens is 382 g/mol. The van der Waals surface area contributed by atoms with Gasteiger partial charge in [0.15, 0.2) is 5.16 Å². The quantitative estimate of drug-likeness (QED) is 0.783. The molecule has 10 heteroatoms. The summed E-state index contributed by atoms with van der Waals surface area (Å²) >= 11 is 7.89. The standard InChI is InChI=1S/C15H20ClN5O2S2/c1-19-4-3-17-15(19)24-12-5-10-8-21(9-11(10)6-12)25(22,23)13-7-18-20(2)14(13)16/h3-4,7,10-12H,5-6,8-9H2,1-2H3/t10-,11-/m1/s1. The maximum absolute atomic E-state index is 12.9. The first-order chi connectivity index (χ1) is 11.9. The predicted molar refractivity (Wildman–Crippen MR) is 96.0 cm³/mol. The van der Waals surface area contributed by atoms with Crippen LogP contribution >= 0.6 is 23.4 Å². The Balaban J connectivity index is 1.44. The summed E-state index contributed by atoms with van der Waals surface area (Å²) in [6.45, 7) is 1.13. The van der Waals surface area contributed by atoms with Crippen molar-refractivity contribution in [3.05, 3.63) is 23.7 Å². The van der Waals surface area contributed by atoms with Gasteiger partial charge in [0.25, 0.3) is 0 Å². The molecule has 2 fully saturated rings. The van der Waals surface area contributed by atoms with Crippen molar-refractivity contribution in [3.63, 3.8) is 0 Å². The van der Waals surface area contributed by atoms with Crippen molar-refractivity contribution in [2.75, 3.05) is 13.1 Å². The number of rotatable bonds is 4. The molecule has 1 saturated carbocycles. The fourth-order valence-corrected chi connectivity index (χ4v) is 7.12. The molecule has 25 heavy (non-hydrogen) atoms. The van der Waals surface area contributed by atoms with Crippen LogP contribution in [-0.4, -0.2) is 50.4 Å². The summed E-state index contributed by atoms with van der Waals surface area (Å²) in [5.74, 6) is 0.811. The lowest BCUT2D eigenvalue weighted by molar-refractivity contribution is 0.446. The van der Waals surface area contributed by atoms with Crippen LogP contribution in [0.4, 0.5) is 0 Å². The third-order valence-corrected chi connectivity index (χ3v) is 8.89. The Kier molecular flexibility index (Phi) is 4.38. The van der Waals surface area contributed by atoms with Gasteiger partial charge in [-0.15, -0.1) is 0 Å². The Hall–Kier alpha value is -1.03. The Labute approximate surface area is 156 Å². The highest BCUT2D eigenvalue weighted by Crippen LogP contribution is 2.46. The lowest BCUT2D eigenvalue weighted by atomic mass is 10.0. The van der Waals surface area contributed by atoms with Crippen LogP contribution in [0.1, 0.15) is 12.8 Å². The third-order valence-electron chi connectivity index (χ3n) is 5.18. The van der Waals surface area contributed by atoms with Crippen LogP contribution in [0.25, 0.3) is 0 Å². The molecule has 2 aromatic rings. The van der Waals surface area contributed by atoms with Gasteiger partial charge in [0, 0.05) is 44.8 Å². The monoisotopic (exact) mass is 401 g/mol. The highest BCUT2D eigenvalue weighted by atomic mass is 35.5. The van der Waals surface area contributed by atoms with Crippen LogP contribution in [0.15, 0.2) is 28.6 Å². The van der Waals surface area contributed by atoms with Crippen LogP contribution in [0.2, 0.25) is 5.15 Å². The number of aromatic nitrogens is 4. The minimum atomic E-state index is -3.57. The second-order valence-electron chi connectivity index (χ2n) is 6.80. The molecule has 1 saturated heterocycles. The molecule has 0 N–H and O–H groups in total. The van der Waals surface area contributed by atoms with E-state index in [2.05, 4.69) is 10.1 Å². The van der Waals surface area contributed by atoms with Gasteiger partial charge < -0.3 is 4.57 Å². The number of hydrogen-bond acceptors (Lipinski definition) is 5. The Morgan fingerprint density at radius 3 is 2.44 bits per heavy atom.